The number of carbonyl (C=O) groups excluding carboxylic acids is 2. The minimum atomic E-state index is -4.24. The molecule has 1 N–H and O–H groups in total. The first kappa shape index (κ1) is 31.4. The summed E-state index contributed by atoms with van der Waals surface area (Å²) in [6.07, 6.45) is 0.737. The van der Waals surface area contributed by atoms with Gasteiger partial charge in [-0.25, -0.2) is 8.42 Å². The number of para-hydroxylation sites is 2. The van der Waals surface area contributed by atoms with Crippen molar-refractivity contribution in [3.05, 3.63) is 87.9 Å². The Morgan fingerprint density at radius 2 is 1.65 bits per heavy atom. The van der Waals surface area contributed by atoms with Gasteiger partial charge in [0.25, 0.3) is 10.0 Å². The summed E-state index contributed by atoms with van der Waals surface area (Å²) in [5, 5.41) is 3.21. The number of hydrogen-bond donors (Lipinski definition) is 1. The molecule has 0 fully saturated rings. The fourth-order valence-corrected chi connectivity index (χ4v) is 5.77. The van der Waals surface area contributed by atoms with E-state index in [4.69, 9.17) is 16.3 Å². The van der Waals surface area contributed by atoms with Gasteiger partial charge in [-0.05, 0) is 74.4 Å². The molecule has 3 rings (SSSR count). The fourth-order valence-electron chi connectivity index (χ4n) is 3.95. The monoisotopic (exact) mass is 649 g/mol. The molecule has 40 heavy (non-hydrogen) atoms. The molecule has 0 unspecified atom stereocenters. The highest BCUT2D eigenvalue weighted by Crippen LogP contribution is 2.33. The van der Waals surface area contributed by atoms with Crippen LogP contribution in [0, 0.1) is 0 Å². The van der Waals surface area contributed by atoms with Crippen molar-refractivity contribution in [2.75, 3.05) is 24.0 Å². The smallest absolute Gasteiger partial charge is 0.264 e. The van der Waals surface area contributed by atoms with Crippen LogP contribution in [0.2, 0.25) is 5.02 Å². The second-order valence-corrected chi connectivity index (χ2v) is 12.2. The Hall–Kier alpha value is -3.08. The Morgan fingerprint density at radius 3 is 2.27 bits per heavy atom. The predicted molar refractivity (Wildman–Crippen MR) is 161 cm³/mol. The fraction of sp³-hybridized carbons (Fsp3) is 0.310. The van der Waals surface area contributed by atoms with Gasteiger partial charge in [0.2, 0.25) is 11.8 Å². The van der Waals surface area contributed by atoms with E-state index in [1.54, 1.807) is 38.1 Å². The third-order valence-electron chi connectivity index (χ3n) is 6.10. The highest BCUT2D eigenvalue weighted by Gasteiger charge is 2.33. The summed E-state index contributed by atoms with van der Waals surface area (Å²) in [5.41, 5.74) is 0.993. The minimum Gasteiger partial charge on any atom is -0.492 e. The van der Waals surface area contributed by atoms with Crippen LogP contribution in [0.4, 0.5) is 5.69 Å². The summed E-state index contributed by atoms with van der Waals surface area (Å²) < 4.78 is 35.6. The van der Waals surface area contributed by atoms with Gasteiger partial charge in [0, 0.05) is 22.6 Å². The number of anilines is 1. The highest BCUT2D eigenvalue weighted by molar-refractivity contribution is 9.10. The van der Waals surface area contributed by atoms with Gasteiger partial charge in [0.1, 0.15) is 18.3 Å². The molecule has 1 atom stereocenters. The van der Waals surface area contributed by atoms with Crippen LogP contribution in [0.3, 0.4) is 0 Å². The van der Waals surface area contributed by atoms with E-state index in [1.807, 2.05) is 31.2 Å². The molecule has 0 saturated heterocycles. The zero-order chi connectivity index (χ0) is 29.3. The van der Waals surface area contributed by atoms with Crippen molar-refractivity contribution in [3.8, 4) is 5.75 Å². The highest BCUT2D eigenvalue weighted by atomic mass is 79.9. The molecule has 8 nitrogen and oxygen atoms in total. The largest absolute Gasteiger partial charge is 0.492 e. The Bertz CT molecular complexity index is 1400. The molecule has 0 spiro atoms. The van der Waals surface area contributed by atoms with Crippen LogP contribution in [0.15, 0.2) is 82.2 Å². The van der Waals surface area contributed by atoms with E-state index in [-0.39, 0.29) is 23.0 Å². The average molecular weight is 651 g/mol. The number of nitrogens with one attached hydrogen (secondary N) is 1. The molecule has 0 bridgehead atoms. The van der Waals surface area contributed by atoms with Crippen LogP contribution in [0.1, 0.15) is 32.8 Å². The van der Waals surface area contributed by atoms with E-state index < -0.39 is 28.5 Å². The number of hydrogen-bond acceptors (Lipinski definition) is 5. The van der Waals surface area contributed by atoms with Crippen LogP contribution in [0.25, 0.3) is 0 Å². The number of carbonyl (C=O) groups is 2. The lowest BCUT2D eigenvalue weighted by molar-refractivity contribution is -0.139. The third-order valence-corrected chi connectivity index (χ3v) is 8.65. The molecule has 0 aliphatic rings. The second-order valence-electron chi connectivity index (χ2n) is 8.98. The molecular formula is C29H33BrClN3O5S. The summed E-state index contributed by atoms with van der Waals surface area (Å²) >= 11 is 9.42. The van der Waals surface area contributed by atoms with E-state index in [0.717, 1.165) is 20.8 Å². The molecule has 3 aromatic carbocycles. The maximum atomic E-state index is 14.0. The molecule has 0 aliphatic heterocycles. The van der Waals surface area contributed by atoms with Crippen molar-refractivity contribution in [1.82, 2.24) is 10.2 Å². The normalized spacial score (nSPS) is 11.9. The van der Waals surface area contributed by atoms with Crippen molar-refractivity contribution in [3.63, 3.8) is 0 Å². The summed E-state index contributed by atoms with van der Waals surface area (Å²) in [6.45, 7) is 5.66. The van der Waals surface area contributed by atoms with Crippen LogP contribution in [-0.4, -0.2) is 50.9 Å². The van der Waals surface area contributed by atoms with Crippen LogP contribution in [-0.2, 0) is 26.2 Å². The number of rotatable bonds is 13. The molecule has 214 valence electrons. The number of nitrogens with zero attached hydrogens (tertiary/aromatic N) is 2. The number of sulfonamides is 1. The zero-order valence-corrected chi connectivity index (χ0v) is 25.8. The molecule has 2 amide bonds. The van der Waals surface area contributed by atoms with Gasteiger partial charge in [-0.2, -0.15) is 0 Å². The van der Waals surface area contributed by atoms with Gasteiger partial charge < -0.3 is 15.0 Å². The topological polar surface area (TPSA) is 96.0 Å². The summed E-state index contributed by atoms with van der Waals surface area (Å²) in [6, 6.07) is 18.9. The SMILES string of the molecule is CCCNC(=O)[C@H](C)N(Cc1ccc(Br)cc1)C(=O)CN(c1ccccc1OCC)S(=O)(=O)c1ccc(Cl)cc1. The minimum absolute atomic E-state index is 0.0378. The van der Waals surface area contributed by atoms with Crippen molar-refractivity contribution in [1.29, 1.82) is 0 Å². The van der Waals surface area contributed by atoms with Crippen LogP contribution >= 0.6 is 27.5 Å². The standard InChI is InChI=1S/C29H33BrClN3O5S/c1-4-18-32-29(36)21(3)33(19-22-10-12-23(30)13-11-22)28(35)20-34(26-8-6-7-9-27(26)39-5-2)40(37,38)25-16-14-24(31)15-17-25/h6-17,21H,4-5,18-20H2,1-3H3,(H,32,36)/t21-/m0/s1. The van der Waals surface area contributed by atoms with Crippen molar-refractivity contribution < 1.29 is 22.7 Å². The van der Waals surface area contributed by atoms with Crippen LogP contribution < -0.4 is 14.4 Å². The Morgan fingerprint density at radius 1 is 1.00 bits per heavy atom. The first-order valence-electron chi connectivity index (χ1n) is 12.9. The first-order chi connectivity index (χ1) is 19.1. The molecule has 3 aromatic rings. The number of amides is 2. The number of benzene rings is 3. The van der Waals surface area contributed by atoms with Gasteiger partial charge in [-0.15, -0.1) is 0 Å². The molecule has 0 aromatic heterocycles. The van der Waals surface area contributed by atoms with Gasteiger partial charge in [0.15, 0.2) is 0 Å². The van der Waals surface area contributed by atoms with Crippen LogP contribution in [0.5, 0.6) is 5.75 Å². The van der Waals surface area contributed by atoms with E-state index in [9.17, 15) is 18.0 Å². The lowest BCUT2D eigenvalue weighted by atomic mass is 10.1. The van der Waals surface area contributed by atoms with Crippen molar-refractivity contribution >= 4 is 55.1 Å². The van der Waals surface area contributed by atoms with E-state index in [0.29, 0.717) is 23.9 Å². The summed E-state index contributed by atoms with van der Waals surface area (Å²) in [5.74, 6) is -0.566. The number of ether oxygens (including phenoxy) is 1. The molecule has 11 heteroatoms. The van der Waals surface area contributed by atoms with Gasteiger partial charge in [-0.3, -0.25) is 13.9 Å². The zero-order valence-electron chi connectivity index (χ0n) is 22.6. The molecule has 0 aliphatic carbocycles. The Balaban J connectivity index is 2.06. The van der Waals surface area contributed by atoms with Crippen molar-refractivity contribution in [2.24, 2.45) is 0 Å². The van der Waals surface area contributed by atoms with E-state index in [1.165, 1.54) is 29.2 Å². The summed E-state index contributed by atoms with van der Waals surface area (Å²) in [7, 11) is -4.24. The Kier molecular flexibility index (Phi) is 11.4. The average Bonchev–Trinajstić information content (AvgIpc) is 2.94. The van der Waals surface area contributed by atoms with Gasteiger partial charge >= 0.3 is 0 Å². The third kappa shape index (κ3) is 7.99. The van der Waals surface area contributed by atoms with E-state index in [2.05, 4.69) is 21.2 Å². The Labute approximate surface area is 249 Å². The second kappa shape index (κ2) is 14.5. The van der Waals surface area contributed by atoms with Gasteiger partial charge in [-0.1, -0.05) is 58.7 Å². The lowest BCUT2D eigenvalue weighted by Gasteiger charge is -2.32. The van der Waals surface area contributed by atoms with E-state index >= 15 is 0 Å². The first-order valence-corrected chi connectivity index (χ1v) is 15.5. The lowest BCUT2D eigenvalue weighted by Crippen LogP contribution is -2.51. The maximum absolute atomic E-state index is 14.0. The predicted octanol–water partition coefficient (Wildman–Crippen LogP) is 5.64. The molecular weight excluding hydrogens is 618 g/mol. The van der Waals surface area contributed by atoms with Gasteiger partial charge in [0.05, 0.1) is 17.2 Å². The van der Waals surface area contributed by atoms with Crippen molar-refractivity contribution in [2.45, 2.75) is 44.7 Å². The number of halogens is 2. The molecule has 0 radical (unpaired) electrons. The maximum Gasteiger partial charge on any atom is 0.264 e. The quantitative estimate of drug-likeness (QED) is 0.258. The summed E-state index contributed by atoms with van der Waals surface area (Å²) in [4.78, 5) is 28.3. The molecule has 0 heterocycles. The molecule has 0 saturated carbocycles.